The molecule has 4 amide bonds. The highest BCUT2D eigenvalue weighted by Gasteiger charge is 2.36. The van der Waals surface area contributed by atoms with E-state index < -0.39 is 17.8 Å². The quantitative estimate of drug-likeness (QED) is 0.364. The number of benzene rings is 2. The van der Waals surface area contributed by atoms with Crippen LogP contribution in [0.5, 0.6) is 17.2 Å². The monoisotopic (exact) mass is 486 g/mol. The van der Waals surface area contributed by atoms with Crippen LogP contribution in [0.15, 0.2) is 59.1 Å². The number of hydrogen-bond acceptors (Lipinski definition) is 6. The summed E-state index contributed by atoms with van der Waals surface area (Å²) in [5.74, 6) is -0.118. The number of halogens is 1. The van der Waals surface area contributed by atoms with Gasteiger partial charge in [-0.2, -0.15) is 0 Å². The van der Waals surface area contributed by atoms with Gasteiger partial charge in [0.1, 0.15) is 17.9 Å². The third-order valence-electron chi connectivity index (χ3n) is 4.34. The molecule has 0 saturated carbocycles. The van der Waals surface area contributed by atoms with Gasteiger partial charge < -0.3 is 14.2 Å². The van der Waals surface area contributed by atoms with Gasteiger partial charge in [0, 0.05) is 0 Å². The van der Waals surface area contributed by atoms with Crippen molar-refractivity contribution in [2.75, 3.05) is 25.7 Å². The summed E-state index contributed by atoms with van der Waals surface area (Å²) in [6.45, 7) is 3.88. The molecule has 0 aromatic heterocycles. The molecule has 160 valence electrons. The number of rotatable bonds is 7. The van der Waals surface area contributed by atoms with E-state index in [9.17, 15) is 14.4 Å². The molecule has 1 aliphatic heterocycles. The van der Waals surface area contributed by atoms with Gasteiger partial charge in [0.25, 0.3) is 11.8 Å². The van der Waals surface area contributed by atoms with E-state index >= 15 is 0 Å². The van der Waals surface area contributed by atoms with Gasteiger partial charge in [-0.05, 0) is 64.0 Å². The summed E-state index contributed by atoms with van der Waals surface area (Å²) in [5, 5.41) is 2.19. The van der Waals surface area contributed by atoms with Crippen LogP contribution >= 0.6 is 15.9 Å². The fourth-order valence-corrected chi connectivity index (χ4v) is 3.47. The lowest BCUT2D eigenvalue weighted by Gasteiger charge is -2.26. The van der Waals surface area contributed by atoms with E-state index in [2.05, 4.69) is 27.8 Å². The molecular weight excluding hydrogens is 468 g/mol. The highest BCUT2D eigenvalue weighted by Crippen LogP contribution is 2.37. The number of ether oxygens (including phenoxy) is 3. The number of anilines is 1. The minimum Gasteiger partial charge on any atom is -0.497 e. The van der Waals surface area contributed by atoms with Gasteiger partial charge in [-0.25, -0.2) is 9.69 Å². The second-order valence-corrected chi connectivity index (χ2v) is 7.14. The number of nitrogens with one attached hydrogen (secondary N) is 1. The topological polar surface area (TPSA) is 94.2 Å². The van der Waals surface area contributed by atoms with Gasteiger partial charge in [-0.3, -0.25) is 14.9 Å². The standard InChI is InChI=1S/C22H19BrN2O6/c1-4-9-31-19-17(23)11-13(12-18(19)30-3)10-16-20(26)24-22(28)25(21(16)27)14-5-7-15(29-2)8-6-14/h4-8,10-12H,1,9H2,2-3H3,(H,24,26,28)/b16-10+. The van der Waals surface area contributed by atoms with Gasteiger partial charge >= 0.3 is 6.03 Å². The lowest BCUT2D eigenvalue weighted by molar-refractivity contribution is -0.122. The number of hydrogen-bond donors (Lipinski definition) is 1. The Labute approximate surface area is 187 Å². The average molecular weight is 487 g/mol. The third kappa shape index (κ3) is 4.61. The lowest BCUT2D eigenvalue weighted by atomic mass is 10.1. The number of carbonyl (C=O) groups is 3. The van der Waals surface area contributed by atoms with Crippen LogP contribution in [0.2, 0.25) is 0 Å². The van der Waals surface area contributed by atoms with Crippen LogP contribution in [0.25, 0.3) is 6.08 Å². The number of carbonyl (C=O) groups excluding carboxylic acids is 3. The third-order valence-corrected chi connectivity index (χ3v) is 4.93. The van der Waals surface area contributed by atoms with Crippen molar-refractivity contribution in [3.05, 3.63) is 64.7 Å². The maximum absolute atomic E-state index is 13.0. The van der Waals surface area contributed by atoms with Crippen molar-refractivity contribution >= 4 is 45.5 Å². The van der Waals surface area contributed by atoms with Gasteiger partial charge in [0.15, 0.2) is 11.5 Å². The normalized spacial score (nSPS) is 15.0. The Bertz CT molecular complexity index is 1080. The molecule has 2 aromatic rings. The van der Waals surface area contributed by atoms with E-state index in [1.54, 1.807) is 42.5 Å². The predicted octanol–water partition coefficient (Wildman–Crippen LogP) is 3.70. The molecule has 1 aliphatic rings. The Morgan fingerprint density at radius 2 is 1.81 bits per heavy atom. The van der Waals surface area contributed by atoms with Crippen molar-refractivity contribution in [2.24, 2.45) is 0 Å². The van der Waals surface area contributed by atoms with Crippen LogP contribution in [0.4, 0.5) is 10.5 Å². The molecule has 0 spiro atoms. The van der Waals surface area contributed by atoms with Crippen LogP contribution in [-0.4, -0.2) is 38.7 Å². The molecule has 0 aliphatic carbocycles. The van der Waals surface area contributed by atoms with E-state index in [4.69, 9.17) is 14.2 Å². The Kier molecular flexibility index (Phi) is 6.76. The molecular formula is C22H19BrN2O6. The second-order valence-electron chi connectivity index (χ2n) is 6.29. The summed E-state index contributed by atoms with van der Waals surface area (Å²) >= 11 is 3.41. The molecule has 0 radical (unpaired) electrons. The highest BCUT2D eigenvalue weighted by molar-refractivity contribution is 9.10. The molecule has 8 nitrogen and oxygen atoms in total. The Hall–Kier alpha value is -3.59. The first kappa shape index (κ1) is 22.1. The van der Waals surface area contributed by atoms with Gasteiger partial charge in [0.2, 0.25) is 0 Å². The zero-order valence-electron chi connectivity index (χ0n) is 16.8. The molecule has 1 saturated heterocycles. The molecule has 3 rings (SSSR count). The van der Waals surface area contributed by atoms with Gasteiger partial charge in [-0.1, -0.05) is 12.7 Å². The van der Waals surface area contributed by atoms with E-state index in [-0.39, 0.29) is 12.2 Å². The van der Waals surface area contributed by atoms with Crippen molar-refractivity contribution < 1.29 is 28.6 Å². The zero-order valence-corrected chi connectivity index (χ0v) is 18.4. The zero-order chi connectivity index (χ0) is 22.5. The van der Waals surface area contributed by atoms with Crippen molar-refractivity contribution in [2.45, 2.75) is 0 Å². The molecule has 1 fully saturated rings. The van der Waals surface area contributed by atoms with Crippen molar-refractivity contribution in [3.63, 3.8) is 0 Å². The van der Waals surface area contributed by atoms with Crippen LogP contribution in [-0.2, 0) is 9.59 Å². The average Bonchev–Trinajstić information content (AvgIpc) is 2.76. The maximum Gasteiger partial charge on any atom is 0.335 e. The first-order chi connectivity index (χ1) is 14.9. The summed E-state index contributed by atoms with van der Waals surface area (Å²) in [6.07, 6.45) is 2.97. The highest BCUT2D eigenvalue weighted by atomic mass is 79.9. The van der Waals surface area contributed by atoms with Crippen LogP contribution in [0, 0.1) is 0 Å². The largest absolute Gasteiger partial charge is 0.497 e. The molecule has 9 heteroatoms. The summed E-state index contributed by atoms with van der Waals surface area (Å²) in [4.78, 5) is 38.6. The molecule has 1 N–H and O–H groups in total. The van der Waals surface area contributed by atoms with Crippen LogP contribution in [0.1, 0.15) is 5.56 Å². The van der Waals surface area contributed by atoms with Crippen molar-refractivity contribution in [1.29, 1.82) is 0 Å². The maximum atomic E-state index is 13.0. The smallest absolute Gasteiger partial charge is 0.335 e. The van der Waals surface area contributed by atoms with Crippen molar-refractivity contribution in [1.82, 2.24) is 5.32 Å². The lowest BCUT2D eigenvalue weighted by Crippen LogP contribution is -2.54. The molecule has 31 heavy (non-hydrogen) atoms. The summed E-state index contributed by atoms with van der Waals surface area (Å²) in [7, 11) is 2.98. The second kappa shape index (κ2) is 9.48. The van der Waals surface area contributed by atoms with E-state index in [0.717, 1.165) is 4.90 Å². The molecule has 2 aromatic carbocycles. The summed E-state index contributed by atoms with van der Waals surface area (Å²) < 4.78 is 16.6. The Balaban J connectivity index is 1.99. The number of barbiturate groups is 1. The summed E-state index contributed by atoms with van der Waals surface area (Å²) in [6, 6.07) is 8.78. The van der Waals surface area contributed by atoms with E-state index in [0.29, 0.717) is 33.0 Å². The molecule has 0 unspecified atom stereocenters. The first-order valence-corrected chi connectivity index (χ1v) is 9.85. The van der Waals surface area contributed by atoms with Gasteiger partial charge in [-0.15, -0.1) is 0 Å². The van der Waals surface area contributed by atoms with Crippen LogP contribution in [0.3, 0.4) is 0 Å². The predicted molar refractivity (Wildman–Crippen MR) is 118 cm³/mol. The Morgan fingerprint density at radius 1 is 1.10 bits per heavy atom. The molecule has 0 atom stereocenters. The van der Waals surface area contributed by atoms with Crippen LogP contribution < -0.4 is 24.4 Å². The van der Waals surface area contributed by atoms with E-state index in [1.165, 1.54) is 20.3 Å². The first-order valence-electron chi connectivity index (χ1n) is 9.06. The Morgan fingerprint density at radius 3 is 2.42 bits per heavy atom. The number of imide groups is 2. The number of methoxy groups -OCH3 is 2. The van der Waals surface area contributed by atoms with Crippen molar-refractivity contribution in [3.8, 4) is 17.2 Å². The fourth-order valence-electron chi connectivity index (χ4n) is 2.90. The molecule has 1 heterocycles. The molecule has 0 bridgehead atoms. The SMILES string of the molecule is C=CCOc1c(Br)cc(/C=C2\C(=O)NC(=O)N(c3ccc(OC)cc3)C2=O)cc1OC. The minimum absolute atomic E-state index is 0.205. The van der Waals surface area contributed by atoms with Gasteiger partial charge in [0.05, 0.1) is 24.4 Å². The van der Waals surface area contributed by atoms with E-state index in [1.807, 2.05) is 0 Å². The number of nitrogens with zero attached hydrogens (tertiary/aromatic N) is 1. The fraction of sp³-hybridized carbons (Fsp3) is 0.136. The number of urea groups is 1. The summed E-state index contributed by atoms with van der Waals surface area (Å²) in [5.41, 5.74) is 0.593. The minimum atomic E-state index is -0.829. The number of amides is 4.